The number of nitrogens with zero attached hydrogens (tertiary/aromatic N) is 3. The fraction of sp³-hybridized carbons (Fsp3) is 0.0208. The number of rotatable bonds is 3. The van der Waals surface area contributed by atoms with Crippen LogP contribution in [0, 0.1) is 0 Å². The first kappa shape index (κ1) is 28.2. The third-order valence-corrected chi connectivity index (χ3v) is 10.9. The van der Waals surface area contributed by atoms with Gasteiger partial charge in [-0.3, -0.25) is 0 Å². The summed E-state index contributed by atoms with van der Waals surface area (Å²) in [6.45, 7) is 0. The molecule has 236 valence electrons. The summed E-state index contributed by atoms with van der Waals surface area (Å²) in [6.07, 6.45) is 0. The van der Waals surface area contributed by atoms with E-state index < -0.39 is 5.41 Å². The monoisotopic (exact) mass is 647 g/mol. The molecule has 1 spiro atoms. The topological polar surface area (TPSA) is 38.7 Å². The fourth-order valence-electron chi connectivity index (χ4n) is 8.81. The summed E-state index contributed by atoms with van der Waals surface area (Å²) in [6, 6.07) is 63.1. The van der Waals surface area contributed by atoms with Crippen LogP contribution in [0.3, 0.4) is 0 Å². The molecule has 0 saturated heterocycles. The molecule has 1 unspecified atom stereocenters. The summed E-state index contributed by atoms with van der Waals surface area (Å²) < 4.78 is 0. The third kappa shape index (κ3) is 3.92. The number of aromatic nitrogens is 3. The van der Waals surface area contributed by atoms with E-state index in [9.17, 15) is 0 Å². The molecule has 1 heterocycles. The molecular formula is C48H29N3. The van der Waals surface area contributed by atoms with Gasteiger partial charge in [-0.2, -0.15) is 0 Å². The minimum absolute atomic E-state index is 0.478. The van der Waals surface area contributed by atoms with Crippen molar-refractivity contribution in [3.8, 4) is 56.4 Å². The van der Waals surface area contributed by atoms with Crippen LogP contribution in [0.25, 0.3) is 78.0 Å². The molecule has 9 aromatic rings. The predicted molar refractivity (Wildman–Crippen MR) is 207 cm³/mol. The second-order valence-electron chi connectivity index (χ2n) is 13.5. The van der Waals surface area contributed by atoms with Crippen molar-refractivity contribution in [1.29, 1.82) is 0 Å². The van der Waals surface area contributed by atoms with E-state index >= 15 is 0 Å². The summed E-state index contributed by atoms with van der Waals surface area (Å²) in [5, 5.41) is 4.88. The van der Waals surface area contributed by atoms with Crippen LogP contribution in [0.2, 0.25) is 0 Å². The van der Waals surface area contributed by atoms with Gasteiger partial charge in [0.05, 0.1) is 5.41 Å². The molecule has 0 radical (unpaired) electrons. The first-order chi connectivity index (χ1) is 25.3. The smallest absolute Gasteiger partial charge is 0.164 e. The zero-order valence-corrected chi connectivity index (χ0v) is 27.6. The lowest BCUT2D eigenvalue weighted by Gasteiger charge is -2.30. The van der Waals surface area contributed by atoms with Crippen LogP contribution in [0.15, 0.2) is 176 Å². The molecule has 2 aliphatic carbocycles. The van der Waals surface area contributed by atoms with Gasteiger partial charge in [0.15, 0.2) is 17.5 Å². The van der Waals surface area contributed by atoms with Crippen molar-refractivity contribution in [1.82, 2.24) is 15.0 Å². The average molecular weight is 648 g/mol. The molecule has 0 bridgehead atoms. The Bertz CT molecular complexity index is 2870. The predicted octanol–water partition coefficient (Wildman–Crippen LogP) is 11.5. The SMILES string of the molecule is c1ccc(-c2nc(-c3ccc4ccccc4c3)nc(-c3cccc4c3-c3ccccc3C43c4ccccc4-c4c3ccc3ccccc43)n2)cc1. The zero-order chi connectivity index (χ0) is 33.5. The van der Waals surface area contributed by atoms with Gasteiger partial charge in [-0.1, -0.05) is 170 Å². The van der Waals surface area contributed by atoms with E-state index in [0.717, 1.165) is 22.1 Å². The van der Waals surface area contributed by atoms with Crippen LogP contribution in [-0.2, 0) is 5.41 Å². The number of hydrogen-bond acceptors (Lipinski definition) is 3. The first-order valence-electron chi connectivity index (χ1n) is 17.5. The maximum atomic E-state index is 5.28. The molecule has 0 amide bonds. The second-order valence-corrected chi connectivity index (χ2v) is 13.5. The molecular weight excluding hydrogens is 619 g/mol. The standard InChI is InChI=1S/C48H29N3/c1-2-15-32(16-3-1)45-49-46(34-26-25-30-13-4-5-17-33(30)29-34)51-47(50-45)38-21-12-24-41-44(38)37-20-9-11-23-40(37)48(41)39-22-10-8-19-36(39)43-35-18-7-6-14-31(35)27-28-42(43)48/h1-29H. The highest BCUT2D eigenvalue weighted by molar-refractivity contribution is 6.07. The maximum Gasteiger partial charge on any atom is 0.164 e. The molecule has 1 aromatic heterocycles. The van der Waals surface area contributed by atoms with E-state index in [2.05, 4.69) is 158 Å². The Hall–Kier alpha value is -6.71. The van der Waals surface area contributed by atoms with E-state index in [1.165, 1.54) is 60.7 Å². The Balaban J connectivity index is 1.21. The van der Waals surface area contributed by atoms with Gasteiger partial charge >= 0.3 is 0 Å². The minimum Gasteiger partial charge on any atom is -0.208 e. The van der Waals surface area contributed by atoms with Crippen molar-refractivity contribution >= 4 is 21.5 Å². The molecule has 11 rings (SSSR count). The normalized spacial score (nSPS) is 15.1. The molecule has 3 heteroatoms. The maximum absolute atomic E-state index is 5.28. The molecule has 0 aliphatic heterocycles. The van der Waals surface area contributed by atoms with Gasteiger partial charge in [-0.15, -0.1) is 0 Å². The molecule has 1 atom stereocenters. The Kier molecular flexibility index (Phi) is 5.88. The van der Waals surface area contributed by atoms with Gasteiger partial charge in [0.2, 0.25) is 0 Å². The Morgan fingerprint density at radius 2 is 0.863 bits per heavy atom. The van der Waals surface area contributed by atoms with E-state index in [1.54, 1.807) is 0 Å². The first-order valence-corrected chi connectivity index (χ1v) is 17.5. The van der Waals surface area contributed by atoms with Crippen molar-refractivity contribution in [2.24, 2.45) is 0 Å². The number of benzene rings is 8. The van der Waals surface area contributed by atoms with Crippen molar-refractivity contribution in [2.45, 2.75) is 5.41 Å². The Morgan fingerprint density at radius 1 is 0.314 bits per heavy atom. The molecule has 0 N–H and O–H groups in total. The van der Waals surface area contributed by atoms with Crippen LogP contribution in [0.1, 0.15) is 22.3 Å². The molecule has 2 aliphatic rings. The molecule has 51 heavy (non-hydrogen) atoms. The zero-order valence-electron chi connectivity index (χ0n) is 27.6. The molecule has 3 nitrogen and oxygen atoms in total. The molecule has 0 fully saturated rings. The summed E-state index contributed by atoms with van der Waals surface area (Å²) in [5.74, 6) is 1.98. The highest BCUT2D eigenvalue weighted by Gasteiger charge is 2.52. The van der Waals surface area contributed by atoms with Crippen LogP contribution in [0.4, 0.5) is 0 Å². The fourth-order valence-corrected chi connectivity index (χ4v) is 8.81. The van der Waals surface area contributed by atoms with Gasteiger partial charge < -0.3 is 0 Å². The lowest BCUT2D eigenvalue weighted by molar-refractivity contribution is 0.794. The van der Waals surface area contributed by atoms with Gasteiger partial charge in [-0.05, 0) is 72.1 Å². The largest absolute Gasteiger partial charge is 0.208 e. The highest BCUT2D eigenvalue weighted by atomic mass is 15.0. The number of hydrogen-bond donors (Lipinski definition) is 0. The third-order valence-electron chi connectivity index (χ3n) is 10.9. The molecule has 0 saturated carbocycles. The van der Waals surface area contributed by atoms with Crippen LogP contribution in [0.5, 0.6) is 0 Å². The Labute approximate surface area is 295 Å². The van der Waals surface area contributed by atoms with Crippen LogP contribution in [-0.4, -0.2) is 15.0 Å². The average Bonchev–Trinajstić information content (AvgIpc) is 3.68. The number of fused-ring (bicyclic) bond motifs is 13. The molecule has 8 aromatic carbocycles. The van der Waals surface area contributed by atoms with Crippen LogP contribution >= 0.6 is 0 Å². The summed E-state index contributed by atoms with van der Waals surface area (Å²) in [7, 11) is 0. The second kappa shape index (κ2) is 10.6. The van der Waals surface area contributed by atoms with Gasteiger partial charge in [0, 0.05) is 16.7 Å². The van der Waals surface area contributed by atoms with Crippen molar-refractivity contribution in [2.75, 3.05) is 0 Å². The van der Waals surface area contributed by atoms with Crippen molar-refractivity contribution in [3.63, 3.8) is 0 Å². The van der Waals surface area contributed by atoms with Crippen molar-refractivity contribution in [3.05, 3.63) is 198 Å². The lowest BCUT2D eigenvalue weighted by atomic mass is 9.70. The van der Waals surface area contributed by atoms with Gasteiger partial charge in [-0.25, -0.2) is 15.0 Å². The summed E-state index contributed by atoms with van der Waals surface area (Å²) in [4.78, 5) is 15.6. The van der Waals surface area contributed by atoms with Crippen LogP contribution < -0.4 is 0 Å². The lowest BCUT2D eigenvalue weighted by Crippen LogP contribution is -2.25. The quantitative estimate of drug-likeness (QED) is 0.192. The van der Waals surface area contributed by atoms with Crippen molar-refractivity contribution < 1.29 is 0 Å². The van der Waals surface area contributed by atoms with Gasteiger partial charge in [0.1, 0.15) is 0 Å². The Morgan fingerprint density at radius 3 is 1.67 bits per heavy atom. The minimum atomic E-state index is -0.478. The highest BCUT2D eigenvalue weighted by Crippen LogP contribution is 2.64. The van der Waals surface area contributed by atoms with E-state index in [-0.39, 0.29) is 0 Å². The van der Waals surface area contributed by atoms with E-state index in [4.69, 9.17) is 15.0 Å². The van der Waals surface area contributed by atoms with E-state index in [0.29, 0.717) is 17.5 Å². The summed E-state index contributed by atoms with van der Waals surface area (Å²) in [5.41, 5.74) is 12.6. The van der Waals surface area contributed by atoms with E-state index in [1.807, 2.05) is 18.2 Å². The van der Waals surface area contributed by atoms with Gasteiger partial charge in [0.25, 0.3) is 0 Å². The summed E-state index contributed by atoms with van der Waals surface area (Å²) >= 11 is 0.